The lowest BCUT2D eigenvalue weighted by atomic mass is 10.1. The fourth-order valence-corrected chi connectivity index (χ4v) is 2.20. The summed E-state index contributed by atoms with van der Waals surface area (Å²) in [6, 6.07) is 3.40. The van der Waals surface area contributed by atoms with Crippen LogP contribution >= 0.6 is 11.6 Å². The highest BCUT2D eigenvalue weighted by Gasteiger charge is 2.25. The van der Waals surface area contributed by atoms with E-state index in [2.05, 4.69) is 4.98 Å². The predicted molar refractivity (Wildman–Crippen MR) is 76.1 cm³/mol. The van der Waals surface area contributed by atoms with Gasteiger partial charge in [0.25, 0.3) is 0 Å². The summed E-state index contributed by atoms with van der Waals surface area (Å²) in [6.45, 7) is 4.96. The topological polar surface area (TPSA) is 51.7 Å². The minimum absolute atomic E-state index is 0.0593. The summed E-state index contributed by atoms with van der Waals surface area (Å²) in [6.07, 6.45) is 2.87. The minimum atomic E-state index is -0.251. The van der Waals surface area contributed by atoms with E-state index in [0.29, 0.717) is 24.0 Å². The molecule has 1 aromatic rings. The molecule has 1 saturated heterocycles. The quantitative estimate of drug-likeness (QED) is 0.860. The number of piperidine rings is 1. The van der Waals surface area contributed by atoms with Crippen molar-refractivity contribution in [3.05, 3.63) is 23.4 Å². The van der Waals surface area contributed by atoms with Crippen LogP contribution in [0.25, 0.3) is 0 Å². The van der Waals surface area contributed by atoms with Crippen molar-refractivity contribution in [2.45, 2.75) is 38.9 Å². The van der Waals surface area contributed by atoms with Crippen molar-refractivity contribution in [1.82, 2.24) is 9.88 Å². The number of rotatable bonds is 3. The SMILES string of the molecule is CC(C)OC(=O)N1CCC(Oc2cc(Cl)ccn2)CC1. The zero-order valence-electron chi connectivity index (χ0n) is 11.7. The van der Waals surface area contributed by atoms with Crippen molar-refractivity contribution in [2.24, 2.45) is 0 Å². The molecule has 0 atom stereocenters. The van der Waals surface area contributed by atoms with Crippen molar-refractivity contribution in [3.8, 4) is 5.88 Å². The highest BCUT2D eigenvalue weighted by molar-refractivity contribution is 6.30. The molecule has 1 aliphatic heterocycles. The Morgan fingerprint density at radius 3 is 2.75 bits per heavy atom. The van der Waals surface area contributed by atoms with Gasteiger partial charge in [-0.2, -0.15) is 0 Å². The van der Waals surface area contributed by atoms with Crippen molar-refractivity contribution in [2.75, 3.05) is 13.1 Å². The number of aromatic nitrogens is 1. The molecular formula is C14H19ClN2O3. The van der Waals surface area contributed by atoms with Gasteiger partial charge < -0.3 is 14.4 Å². The van der Waals surface area contributed by atoms with Crippen molar-refractivity contribution < 1.29 is 14.3 Å². The molecule has 5 nitrogen and oxygen atoms in total. The second-order valence-electron chi connectivity index (χ2n) is 5.05. The maximum absolute atomic E-state index is 11.8. The number of ether oxygens (including phenoxy) is 2. The summed E-state index contributed by atoms with van der Waals surface area (Å²) in [7, 11) is 0. The first-order valence-corrected chi connectivity index (χ1v) is 7.16. The van der Waals surface area contributed by atoms with Gasteiger partial charge in [-0.05, 0) is 19.9 Å². The Balaban J connectivity index is 1.81. The first-order chi connectivity index (χ1) is 9.54. The van der Waals surface area contributed by atoms with Crippen LogP contribution in [0.1, 0.15) is 26.7 Å². The Morgan fingerprint density at radius 2 is 2.15 bits per heavy atom. The molecule has 1 amide bonds. The van der Waals surface area contributed by atoms with Gasteiger partial charge in [0.2, 0.25) is 5.88 Å². The number of carbonyl (C=O) groups excluding carboxylic acids is 1. The second kappa shape index (κ2) is 6.79. The van der Waals surface area contributed by atoms with Crippen molar-refractivity contribution in [3.63, 3.8) is 0 Å². The molecule has 0 spiro atoms. The van der Waals surface area contributed by atoms with Crippen LogP contribution in [0, 0.1) is 0 Å². The summed E-state index contributed by atoms with van der Waals surface area (Å²) in [4.78, 5) is 17.6. The highest BCUT2D eigenvalue weighted by atomic mass is 35.5. The molecule has 0 N–H and O–H groups in total. The lowest BCUT2D eigenvalue weighted by molar-refractivity contribution is 0.0507. The van der Waals surface area contributed by atoms with E-state index in [1.807, 2.05) is 13.8 Å². The van der Waals surface area contributed by atoms with E-state index in [1.165, 1.54) is 0 Å². The maximum Gasteiger partial charge on any atom is 0.410 e. The zero-order chi connectivity index (χ0) is 14.5. The van der Waals surface area contributed by atoms with E-state index in [9.17, 15) is 4.79 Å². The molecule has 1 aromatic heterocycles. The molecule has 1 fully saturated rings. The molecular weight excluding hydrogens is 280 g/mol. The monoisotopic (exact) mass is 298 g/mol. The lowest BCUT2D eigenvalue weighted by Gasteiger charge is -2.31. The zero-order valence-corrected chi connectivity index (χ0v) is 12.5. The molecule has 0 unspecified atom stereocenters. The van der Waals surface area contributed by atoms with E-state index in [-0.39, 0.29) is 18.3 Å². The number of hydrogen-bond donors (Lipinski definition) is 0. The number of hydrogen-bond acceptors (Lipinski definition) is 4. The molecule has 20 heavy (non-hydrogen) atoms. The van der Waals surface area contributed by atoms with Gasteiger partial charge in [0.1, 0.15) is 6.10 Å². The normalized spacial score (nSPS) is 16.3. The van der Waals surface area contributed by atoms with E-state index in [0.717, 1.165) is 12.8 Å². The molecule has 0 aromatic carbocycles. The highest BCUT2D eigenvalue weighted by Crippen LogP contribution is 2.20. The average Bonchev–Trinajstić information content (AvgIpc) is 2.38. The standard InChI is InChI=1S/C14H19ClN2O3/c1-10(2)19-14(18)17-7-4-12(5-8-17)20-13-9-11(15)3-6-16-13/h3,6,9-10,12H,4-5,7-8H2,1-2H3. The number of amides is 1. The van der Waals surface area contributed by atoms with E-state index in [4.69, 9.17) is 21.1 Å². The molecule has 0 saturated carbocycles. The van der Waals surface area contributed by atoms with Gasteiger partial charge in [-0.15, -0.1) is 0 Å². The molecule has 2 heterocycles. The summed E-state index contributed by atoms with van der Waals surface area (Å²) < 4.78 is 10.9. The predicted octanol–water partition coefficient (Wildman–Crippen LogP) is 3.12. The Bertz CT molecular complexity index is 459. The fraction of sp³-hybridized carbons (Fsp3) is 0.571. The van der Waals surface area contributed by atoms with Crippen molar-refractivity contribution >= 4 is 17.7 Å². The Hall–Kier alpha value is -1.49. The number of pyridine rings is 1. The van der Waals surface area contributed by atoms with Gasteiger partial charge in [-0.3, -0.25) is 0 Å². The smallest absolute Gasteiger partial charge is 0.410 e. The molecule has 0 aliphatic carbocycles. The Kier molecular flexibility index (Phi) is 5.06. The largest absolute Gasteiger partial charge is 0.474 e. The van der Waals surface area contributed by atoms with Crippen LogP contribution in [0.3, 0.4) is 0 Å². The number of likely N-dealkylation sites (tertiary alicyclic amines) is 1. The molecule has 6 heteroatoms. The molecule has 0 radical (unpaired) electrons. The first-order valence-electron chi connectivity index (χ1n) is 6.78. The Labute approximate surface area is 123 Å². The minimum Gasteiger partial charge on any atom is -0.474 e. The third-order valence-corrected chi connectivity index (χ3v) is 3.26. The maximum atomic E-state index is 11.8. The van der Waals surface area contributed by atoms with Gasteiger partial charge in [0.05, 0.1) is 6.10 Å². The number of nitrogens with zero attached hydrogens (tertiary/aromatic N) is 2. The third-order valence-electron chi connectivity index (χ3n) is 3.02. The van der Waals surface area contributed by atoms with Gasteiger partial charge in [0, 0.05) is 43.2 Å². The van der Waals surface area contributed by atoms with E-state index < -0.39 is 0 Å². The first kappa shape index (κ1) is 14.9. The van der Waals surface area contributed by atoms with E-state index >= 15 is 0 Å². The van der Waals surface area contributed by atoms with Gasteiger partial charge in [0.15, 0.2) is 0 Å². The fourth-order valence-electron chi connectivity index (χ4n) is 2.05. The number of halogens is 1. The average molecular weight is 299 g/mol. The molecule has 1 aliphatic rings. The van der Waals surface area contributed by atoms with Crippen LogP contribution in [0.2, 0.25) is 5.02 Å². The summed E-state index contributed by atoms with van der Waals surface area (Å²) >= 11 is 5.89. The summed E-state index contributed by atoms with van der Waals surface area (Å²) in [5, 5.41) is 0.605. The molecule has 110 valence electrons. The van der Waals surface area contributed by atoms with Gasteiger partial charge >= 0.3 is 6.09 Å². The summed E-state index contributed by atoms with van der Waals surface area (Å²) in [5.74, 6) is 0.528. The van der Waals surface area contributed by atoms with Crippen LogP contribution in [0.4, 0.5) is 4.79 Å². The van der Waals surface area contributed by atoms with Crippen LogP contribution in [0.5, 0.6) is 5.88 Å². The lowest BCUT2D eigenvalue weighted by Crippen LogP contribution is -2.42. The number of carbonyl (C=O) groups is 1. The van der Waals surface area contributed by atoms with Gasteiger partial charge in [-0.1, -0.05) is 11.6 Å². The van der Waals surface area contributed by atoms with Crippen LogP contribution in [0.15, 0.2) is 18.3 Å². The van der Waals surface area contributed by atoms with Gasteiger partial charge in [-0.25, -0.2) is 9.78 Å². The summed E-state index contributed by atoms with van der Waals surface area (Å²) in [5.41, 5.74) is 0. The van der Waals surface area contributed by atoms with Crippen LogP contribution in [-0.4, -0.2) is 41.3 Å². The van der Waals surface area contributed by atoms with Crippen LogP contribution in [-0.2, 0) is 4.74 Å². The van der Waals surface area contributed by atoms with E-state index in [1.54, 1.807) is 23.2 Å². The second-order valence-corrected chi connectivity index (χ2v) is 5.49. The third kappa shape index (κ3) is 4.27. The van der Waals surface area contributed by atoms with Crippen molar-refractivity contribution in [1.29, 1.82) is 0 Å². The molecule has 2 rings (SSSR count). The Morgan fingerprint density at radius 1 is 1.45 bits per heavy atom. The molecule has 0 bridgehead atoms. The van der Waals surface area contributed by atoms with Crippen LogP contribution < -0.4 is 4.74 Å².